The molecule has 0 heterocycles. The second-order valence-electron chi connectivity index (χ2n) is 2.75. The van der Waals surface area contributed by atoms with Crippen LogP contribution >= 0.6 is 15.9 Å². The molecule has 0 aromatic heterocycles. The molecule has 3 nitrogen and oxygen atoms in total. The number of carboxylic acids is 1. The van der Waals surface area contributed by atoms with E-state index < -0.39 is 29.7 Å². The lowest BCUT2D eigenvalue weighted by Gasteiger charge is -2.11. The third-order valence-corrected chi connectivity index (χ3v) is 2.31. The first-order valence-corrected chi connectivity index (χ1v) is 5.14. The Hall–Kier alpha value is -1.24. The van der Waals surface area contributed by atoms with Crippen molar-refractivity contribution >= 4 is 21.9 Å². The van der Waals surface area contributed by atoms with Gasteiger partial charge in [-0.1, -0.05) is 15.9 Å². The van der Waals surface area contributed by atoms with E-state index in [4.69, 9.17) is 5.11 Å². The zero-order valence-electron chi connectivity index (χ0n) is 7.71. The highest BCUT2D eigenvalue weighted by Crippen LogP contribution is 2.28. The summed E-state index contributed by atoms with van der Waals surface area (Å²) in [4.78, 5) is 10.7. The highest BCUT2D eigenvalue weighted by atomic mass is 79.9. The van der Waals surface area contributed by atoms with Crippen LogP contribution in [0.4, 0.5) is 13.2 Å². The van der Waals surface area contributed by atoms with Gasteiger partial charge in [-0.05, 0) is 6.07 Å². The molecule has 88 valence electrons. The fourth-order valence-electron chi connectivity index (χ4n) is 1.14. The molecular weight excluding hydrogens is 293 g/mol. The summed E-state index contributed by atoms with van der Waals surface area (Å²) < 4.78 is 41.0. The molecule has 1 N–H and O–H groups in total. The van der Waals surface area contributed by atoms with Crippen LogP contribution in [0.15, 0.2) is 12.1 Å². The highest BCUT2D eigenvalue weighted by molar-refractivity contribution is 9.08. The molecule has 0 unspecified atom stereocenters. The van der Waals surface area contributed by atoms with Crippen LogP contribution in [0.3, 0.4) is 0 Å². The highest BCUT2D eigenvalue weighted by Gasteiger charge is 2.18. The number of hydrogen-bond acceptors (Lipinski definition) is 2. The maximum atomic E-state index is 13.0. The molecule has 0 saturated carbocycles. The van der Waals surface area contributed by atoms with Gasteiger partial charge in [-0.15, -0.1) is 0 Å². The van der Waals surface area contributed by atoms with Crippen molar-refractivity contribution in [3.05, 3.63) is 29.1 Å². The minimum absolute atomic E-state index is 0.0308. The van der Waals surface area contributed by atoms with Crippen molar-refractivity contribution in [3.8, 4) is 5.75 Å². The summed E-state index contributed by atoms with van der Waals surface area (Å²) in [7, 11) is 0. The number of carbonyl (C=O) groups is 1. The van der Waals surface area contributed by atoms with Crippen LogP contribution in [0.5, 0.6) is 5.75 Å². The Bertz CT molecular complexity index is 409. The standard InChI is InChI=1S/C9H6BrF3O3/c10-3-6-5(8(14)15)1-4(11)2-7(6)16-9(12)13/h1-2,9H,3H2,(H,14,15). The summed E-state index contributed by atoms with van der Waals surface area (Å²) in [5.74, 6) is -2.84. The van der Waals surface area contributed by atoms with Gasteiger partial charge in [0, 0.05) is 17.0 Å². The maximum Gasteiger partial charge on any atom is 0.387 e. The Morgan fingerprint density at radius 3 is 2.56 bits per heavy atom. The molecule has 1 rings (SSSR count). The van der Waals surface area contributed by atoms with Crippen molar-refractivity contribution in [3.63, 3.8) is 0 Å². The van der Waals surface area contributed by atoms with Gasteiger partial charge in [-0.3, -0.25) is 0 Å². The fraction of sp³-hybridized carbons (Fsp3) is 0.222. The van der Waals surface area contributed by atoms with Crippen molar-refractivity contribution in [1.29, 1.82) is 0 Å². The Kier molecular flexibility index (Phi) is 4.17. The van der Waals surface area contributed by atoms with Crippen LogP contribution in [0.25, 0.3) is 0 Å². The van der Waals surface area contributed by atoms with Crippen LogP contribution in [0.1, 0.15) is 15.9 Å². The predicted octanol–water partition coefficient (Wildman–Crippen LogP) is 3.02. The molecular formula is C9H6BrF3O3. The number of benzene rings is 1. The third-order valence-electron chi connectivity index (χ3n) is 1.75. The topological polar surface area (TPSA) is 46.5 Å². The van der Waals surface area contributed by atoms with Gasteiger partial charge in [-0.25, -0.2) is 9.18 Å². The molecule has 0 aliphatic carbocycles. The van der Waals surface area contributed by atoms with E-state index in [1.807, 2.05) is 0 Å². The third kappa shape index (κ3) is 2.88. The van der Waals surface area contributed by atoms with E-state index in [1.165, 1.54) is 0 Å². The molecule has 0 bridgehead atoms. The molecule has 0 saturated heterocycles. The smallest absolute Gasteiger partial charge is 0.387 e. The Morgan fingerprint density at radius 2 is 2.12 bits per heavy atom. The molecule has 0 radical (unpaired) electrons. The fourth-order valence-corrected chi connectivity index (χ4v) is 1.72. The SMILES string of the molecule is O=C(O)c1cc(F)cc(OC(F)F)c1CBr. The van der Waals surface area contributed by atoms with Crippen LogP contribution in [0, 0.1) is 5.82 Å². The zero-order valence-corrected chi connectivity index (χ0v) is 9.30. The molecule has 0 aliphatic heterocycles. The van der Waals surface area contributed by atoms with Crippen LogP contribution < -0.4 is 4.74 Å². The molecule has 0 spiro atoms. The monoisotopic (exact) mass is 298 g/mol. The van der Waals surface area contributed by atoms with Crippen molar-refractivity contribution in [2.75, 3.05) is 0 Å². The second kappa shape index (κ2) is 5.20. The minimum atomic E-state index is -3.14. The first-order chi connectivity index (χ1) is 7.45. The Morgan fingerprint density at radius 1 is 1.50 bits per heavy atom. The minimum Gasteiger partial charge on any atom is -0.478 e. The maximum absolute atomic E-state index is 13.0. The van der Waals surface area contributed by atoms with Crippen molar-refractivity contribution in [1.82, 2.24) is 0 Å². The van der Waals surface area contributed by atoms with Gasteiger partial charge in [0.05, 0.1) is 5.56 Å². The average Bonchev–Trinajstić information content (AvgIpc) is 2.15. The van der Waals surface area contributed by atoms with Crippen LogP contribution in [0.2, 0.25) is 0 Å². The molecule has 16 heavy (non-hydrogen) atoms. The number of halogens is 4. The molecule has 1 aromatic rings. The van der Waals surface area contributed by atoms with Gasteiger partial charge >= 0.3 is 12.6 Å². The number of carboxylic acid groups (broad SMARTS) is 1. The zero-order chi connectivity index (χ0) is 12.3. The lowest BCUT2D eigenvalue weighted by molar-refractivity contribution is -0.0505. The summed E-state index contributed by atoms with van der Waals surface area (Å²) in [6.45, 7) is -3.14. The van der Waals surface area contributed by atoms with Crippen LogP contribution in [-0.4, -0.2) is 17.7 Å². The van der Waals surface area contributed by atoms with E-state index in [9.17, 15) is 18.0 Å². The summed E-state index contributed by atoms with van der Waals surface area (Å²) in [5, 5.41) is 8.72. The van der Waals surface area contributed by atoms with Crippen molar-refractivity contribution in [2.24, 2.45) is 0 Å². The molecule has 0 fully saturated rings. The Balaban J connectivity index is 3.30. The normalized spacial score (nSPS) is 10.6. The van der Waals surface area contributed by atoms with E-state index in [1.54, 1.807) is 0 Å². The lowest BCUT2D eigenvalue weighted by Crippen LogP contribution is -2.09. The van der Waals surface area contributed by atoms with Crippen LogP contribution in [-0.2, 0) is 5.33 Å². The van der Waals surface area contributed by atoms with E-state index in [-0.39, 0.29) is 10.9 Å². The summed E-state index contributed by atoms with van der Waals surface area (Å²) in [6, 6.07) is 1.46. The molecule has 0 aliphatic rings. The van der Waals surface area contributed by atoms with Gasteiger partial charge in [-0.2, -0.15) is 8.78 Å². The first-order valence-electron chi connectivity index (χ1n) is 4.02. The van der Waals surface area contributed by atoms with Crippen molar-refractivity contribution in [2.45, 2.75) is 11.9 Å². The van der Waals surface area contributed by atoms with E-state index in [2.05, 4.69) is 20.7 Å². The molecule has 0 amide bonds. The quantitative estimate of drug-likeness (QED) is 0.869. The van der Waals surface area contributed by atoms with Crippen molar-refractivity contribution < 1.29 is 27.8 Å². The van der Waals surface area contributed by atoms with E-state index >= 15 is 0 Å². The molecule has 1 aromatic carbocycles. The number of aromatic carboxylic acids is 1. The number of rotatable bonds is 4. The first kappa shape index (κ1) is 12.8. The summed E-state index contributed by atoms with van der Waals surface area (Å²) in [6.07, 6.45) is 0. The largest absolute Gasteiger partial charge is 0.478 e. The summed E-state index contributed by atoms with van der Waals surface area (Å²) in [5.41, 5.74) is -0.443. The number of hydrogen-bond donors (Lipinski definition) is 1. The van der Waals surface area contributed by atoms with Gasteiger partial charge in [0.2, 0.25) is 0 Å². The molecule has 0 atom stereocenters. The molecule has 7 heteroatoms. The van der Waals surface area contributed by atoms with E-state index in [0.29, 0.717) is 0 Å². The average molecular weight is 299 g/mol. The van der Waals surface area contributed by atoms with Gasteiger partial charge in [0.15, 0.2) is 0 Å². The van der Waals surface area contributed by atoms with Gasteiger partial charge in [0.1, 0.15) is 11.6 Å². The lowest BCUT2D eigenvalue weighted by atomic mass is 10.1. The number of alkyl halides is 3. The second-order valence-corrected chi connectivity index (χ2v) is 3.31. The van der Waals surface area contributed by atoms with Gasteiger partial charge in [0.25, 0.3) is 0 Å². The summed E-state index contributed by atoms with van der Waals surface area (Å²) >= 11 is 2.93. The Labute approximate surface area is 97.0 Å². The predicted molar refractivity (Wildman–Crippen MR) is 52.6 cm³/mol. The van der Waals surface area contributed by atoms with Gasteiger partial charge < -0.3 is 9.84 Å². The number of ether oxygens (including phenoxy) is 1. The van der Waals surface area contributed by atoms with E-state index in [0.717, 1.165) is 12.1 Å².